The third-order valence-corrected chi connectivity index (χ3v) is 3.49. The first-order valence-corrected chi connectivity index (χ1v) is 7.74. The minimum absolute atomic E-state index is 0.118. The highest BCUT2D eigenvalue weighted by molar-refractivity contribution is 6.01. The van der Waals surface area contributed by atoms with Crippen LogP contribution in [0.2, 0.25) is 0 Å². The van der Waals surface area contributed by atoms with Gasteiger partial charge in [0, 0.05) is 17.7 Å². The Balaban J connectivity index is 1.95. The van der Waals surface area contributed by atoms with Gasteiger partial charge in [0.1, 0.15) is 0 Å². The molecule has 0 aliphatic rings. The van der Waals surface area contributed by atoms with Gasteiger partial charge in [0.2, 0.25) is 0 Å². The molecule has 116 valence electrons. The molecule has 0 saturated heterocycles. The van der Waals surface area contributed by atoms with Crippen LogP contribution < -0.4 is 5.32 Å². The molecule has 0 bridgehead atoms. The van der Waals surface area contributed by atoms with Crippen LogP contribution in [0.25, 0.3) is 10.8 Å². The largest absolute Gasteiger partial charge is 0.369 e. The smallest absolute Gasteiger partial charge is 0.0992 e. The Kier molecular flexibility index (Phi) is 4.96. The van der Waals surface area contributed by atoms with Crippen LogP contribution in [0.3, 0.4) is 0 Å². The van der Waals surface area contributed by atoms with E-state index in [0.29, 0.717) is 24.4 Å². The number of benzene rings is 2. The van der Waals surface area contributed by atoms with Crippen LogP contribution >= 0.6 is 0 Å². The molecule has 22 heavy (non-hydrogen) atoms. The lowest BCUT2D eigenvalue weighted by molar-refractivity contribution is 0.507. The number of rotatable bonds is 5. The first-order chi connectivity index (χ1) is 10.3. The number of hydrogen-bond acceptors (Lipinski definition) is 2. The van der Waals surface area contributed by atoms with Crippen LogP contribution in [-0.2, 0) is 6.42 Å². The molecule has 0 spiro atoms. The van der Waals surface area contributed by atoms with Crippen molar-refractivity contribution in [1.29, 1.82) is 10.8 Å². The molecule has 0 radical (unpaired) electrons. The first-order valence-electron chi connectivity index (χ1n) is 7.74. The van der Waals surface area contributed by atoms with Crippen molar-refractivity contribution in [2.45, 2.75) is 45.6 Å². The van der Waals surface area contributed by atoms with Gasteiger partial charge in [-0.3, -0.25) is 5.41 Å². The molecule has 0 saturated carbocycles. The van der Waals surface area contributed by atoms with E-state index >= 15 is 0 Å². The van der Waals surface area contributed by atoms with Gasteiger partial charge in [-0.1, -0.05) is 42.5 Å². The summed E-state index contributed by atoms with van der Waals surface area (Å²) >= 11 is 0. The van der Waals surface area contributed by atoms with Gasteiger partial charge in [0.25, 0.3) is 0 Å². The fourth-order valence-electron chi connectivity index (χ4n) is 2.59. The van der Waals surface area contributed by atoms with Gasteiger partial charge in [-0.2, -0.15) is 0 Å². The van der Waals surface area contributed by atoms with E-state index < -0.39 is 0 Å². The first kappa shape index (κ1) is 16.2. The second kappa shape index (κ2) is 6.73. The van der Waals surface area contributed by atoms with Crippen molar-refractivity contribution < 1.29 is 0 Å². The Morgan fingerprint density at radius 3 is 2.41 bits per heavy atom. The van der Waals surface area contributed by atoms with E-state index in [1.807, 2.05) is 26.8 Å². The summed E-state index contributed by atoms with van der Waals surface area (Å²) in [6, 6.07) is 14.7. The van der Waals surface area contributed by atoms with Crippen molar-refractivity contribution >= 4 is 22.3 Å². The molecule has 0 heterocycles. The standard InChI is InChI=1S/C19H25N3/c1-19(2,3)22-18(21)13-16(20)12-11-15-9-6-8-14-7-4-5-10-17(14)15/h4-10,20H,11-13H2,1-3H3,(H2,21,22). The van der Waals surface area contributed by atoms with Crippen molar-refractivity contribution in [2.75, 3.05) is 0 Å². The molecule has 3 heteroatoms. The Bertz CT molecular complexity index is 675. The summed E-state index contributed by atoms with van der Waals surface area (Å²) in [4.78, 5) is 0. The van der Waals surface area contributed by atoms with Gasteiger partial charge >= 0.3 is 0 Å². The van der Waals surface area contributed by atoms with Crippen molar-refractivity contribution in [3.63, 3.8) is 0 Å². The summed E-state index contributed by atoms with van der Waals surface area (Å²) in [6.45, 7) is 6.09. The van der Waals surface area contributed by atoms with E-state index in [0.717, 1.165) is 6.42 Å². The summed E-state index contributed by atoms with van der Waals surface area (Å²) in [5.74, 6) is 0.426. The number of nitrogens with one attached hydrogen (secondary N) is 3. The highest BCUT2D eigenvalue weighted by Gasteiger charge is 2.12. The third-order valence-electron chi connectivity index (χ3n) is 3.49. The van der Waals surface area contributed by atoms with Gasteiger partial charge in [-0.25, -0.2) is 0 Å². The van der Waals surface area contributed by atoms with E-state index in [4.69, 9.17) is 10.8 Å². The van der Waals surface area contributed by atoms with Crippen LogP contribution in [0.15, 0.2) is 42.5 Å². The Morgan fingerprint density at radius 2 is 1.68 bits per heavy atom. The number of amidine groups is 1. The second-order valence-electron chi connectivity index (χ2n) is 6.77. The van der Waals surface area contributed by atoms with E-state index in [1.165, 1.54) is 16.3 Å². The zero-order valence-corrected chi connectivity index (χ0v) is 13.7. The zero-order valence-electron chi connectivity index (χ0n) is 13.7. The Hall–Kier alpha value is -2.16. The van der Waals surface area contributed by atoms with Crippen molar-refractivity contribution in [3.05, 3.63) is 48.0 Å². The highest BCUT2D eigenvalue weighted by Crippen LogP contribution is 2.20. The maximum absolute atomic E-state index is 8.10. The average Bonchev–Trinajstić information content (AvgIpc) is 2.43. The summed E-state index contributed by atoms with van der Waals surface area (Å²) in [5, 5.41) is 21.7. The van der Waals surface area contributed by atoms with E-state index in [9.17, 15) is 0 Å². The predicted molar refractivity (Wildman–Crippen MR) is 95.2 cm³/mol. The van der Waals surface area contributed by atoms with Gasteiger partial charge in [0.15, 0.2) is 0 Å². The minimum atomic E-state index is -0.118. The molecule has 0 aromatic heterocycles. The molecule has 0 amide bonds. The highest BCUT2D eigenvalue weighted by atomic mass is 15.0. The lowest BCUT2D eigenvalue weighted by Crippen LogP contribution is -2.40. The molecule has 0 aliphatic heterocycles. The Morgan fingerprint density at radius 1 is 1.00 bits per heavy atom. The van der Waals surface area contributed by atoms with Crippen molar-refractivity contribution in [3.8, 4) is 0 Å². The molecule has 0 atom stereocenters. The normalized spacial score (nSPS) is 11.4. The molecule has 0 fully saturated rings. The van der Waals surface area contributed by atoms with Crippen molar-refractivity contribution in [1.82, 2.24) is 5.32 Å². The second-order valence-corrected chi connectivity index (χ2v) is 6.77. The summed E-state index contributed by atoms with van der Waals surface area (Å²) < 4.78 is 0. The monoisotopic (exact) mass is 295 g/mol. The lowest BCUT2D eigenvalue weighted by Gasteiger charge is -2.22. The van der Waals surface area contributed by atoms with Gasteiger partial charge in [-0.05, 0) is 49.9 Å². The maximum atomic E-state index is 8.10. The molecule has 2 rings (SSSR count). The van der Waals surface area contributed by atoms with Crippen LogP contribution in [0.4, 0.5) is 0 Å². The summed E-state index contributed by atoms with van der Waals surface area (Å²) in [7, 11) is 0. The van der Waals surface area contributed by atoms with E-state index in [-0.39, 0.29) is 5.54 Å². The van der Waals surface area contributed by atoms with Gasteiger partial charge in [-0.15, -0.1) is 0 Å². The van der Waals surface area contributed by atoms with Crippen molar-refractivity contribution in [2.24, 2.45) is 0 Å². The number of fused-ring (bicyclic) bond motifs is 1. The fourth-order valence-corrected chi connectivity index (χ4v) is 2.59. The maximum Gasteiger partial charge on any atom is 0.0992 e. The number of aryl methyl sites for hydroxylation is 1. The molecule has 3 N–H and O–H groups in total. The topological polar surface area (TPSA) is 59.7 Å². The fraction of sp³-hybridized carbons (Fsp3) is 0.368. The quantitative estimate of drug-likeness (QED) is 0.550. The van der Waals surface area contributed by atoms with Crippen LogP contribution in [0.5, 0.6) is 0 Å². The molecule has 0 unspecified atom stereocenters. The molecule has 0 aliphatic carbocycles. The predicted octanol–water partition coefficient (Wildman–Crippen LogP) is 4.55. The third kappa shape index (κ3) is 4.69. The number of hydrogen-bond donors (Lipinski definition) is 3. The van der Waals surface area contributed by atoms with Crippen LogP contribution in [0, 0.1) is 10.8 Å². The Labute approximate surface area is 132 Å². The van der Waals surface area contributed by atoms with Crippen LogP contribution in [0.1, 0.15) is 39.2 Å². The SMILES string of the molecule is CC(C)(C)NC(=N)CC(=N)CCc1cccc2ccccc12. The molecule has 3 nitrogen and oxygen atoms in total. The molecule has 2 aromatic rings. The summed E-state index contributed by atoms with van der Waals surface area (Å²) in [6.07, 6.45) is 1.95. The van der Waals surface area contributed by atoms with Crippen LogP contribution in [-0.4, -0.2) is 17.1 Å². The average molecular weight is 295 g/mol. The van der Waals surface area contributed by atoms with E-state index in [2.05, 4.69) is 41.7 Å². The lowest BCUT2D eigenvalue weighted by atomic mass is 9.99. The minimum Gasteiger partial charge on any atom is -0.369 e. The molecule has 2 aromatic carbocycles. The van der Waals surface area contributed by atoms with Gasteiger partial charge in [0.05, 0.1) is 5.84 Å². The zero-order chi connectivity index (χ0) is 16.2. The van der Waals surface area contributed by atoms with E-state index in [1.54, 1.807) is 0 Å². The molecular formula is C19H25N3. The molecular weight excluding hydrogens is 270 g/mol. The summed E-state index contributed by atoms with van der Waals surface area (Å²) in [5.41, 5.74) is 1.76. The van der Waals surface area contributed by atoms with Gasteiger partial charge < -0.3 is 10.7 Å².